The first-order valence-corrected chi connectivity index (χ1v) is 9.77. The lowest BCUT2D eigenvalue weighted by atomic mass is 10.3. The van der Waals surface area contributed by atoms with Crippen LogP contribution < -0.4 is 14.9 Å². The monoisotopic (exact) mass is 399 g/mol. The molecule has 0 bridgehead atoms. The van der Waals surface area contributed by atoms with Gasteiger partial charge in [0.05, 0.1) is 30.0 Å². The first-order chi connectivity index (χ1) is 12.9. The van der Waals surface area contributed by atoms with E-state index >= 15 is 0 Å². The van der Waals surface area contributed by atoms with E-state index in [9.17, 15) is 17.2 Å². The molecule has 0 aliphatic carbocycles. The highest BCUT2D eigenvalue weighted by atomic mass is 32.2. The third-order valence-electron chi connectivity index (χ3n) is 3.89. The molecule has 2 N–H and O–H groups in total. The van der Waals surface area contributed by atoms with Gasteiger partial charge in [-0.1, -0.05) is 0 Å². The fraction of sp³-hybridized carbons (Fsp3) is 0.375. The minimum absolute atomic E-state index is 0.00390. The van der Waals surface area contributed by atoms with Gasteiger partial charge < -0.3 is 15.0 Å². The van der Waals surface area contributed by atoms with Gasteiger partial charge in [0.25, 0.3) is 0 Å². The van der Waals surface area contributed by atoms with Crippen molar-refractivity contribution in [1.29, 1.82) is 0 Å². The fourth-order valence-electron chi connectivity index (χ4n) is 2.58. The summed E-state index contributed by atoms with van der Waals surface area (Å²) in [7, 11) is -4.01. The molecule has 1 aromatic carbocycles. The maximum absolute atomic E-state index is 13.2. The molecule has 1 aliphatic rings. The number of nitrogens with zero attached hydrogens (tertiary/aromatic N) is 3. The van der Waals surface area contributed by atoms with Crippen molar-refractivity contribution < 1.29 is 21.9 Å². The molecule has 3 rings (SSSR count). The number of anilines is 2. The van der Waals surface area contributed by atoms with Gasteiger partial charge in [-0.25, -0.2) is 21.9 Å². The van der Waals surface area contributed by atoms with E-state index < -0.39 is 26.6 Å². The first kappa shape index (κ1) is 19.4. The quantitative estimate of drug-likeness (QED) is 0.670. The van der Waals surface area contributed by atoms with E-state index in [1.807, 2.05) is 6.07 Å². The number of halogens is 2. The number of sulfonamides is 1. The third-order valence-corrected chi connectivity index (χ3v) is 5.33. The number of ether oxygens (including phenoxy) is 1. The second-order valence-corrected chi connectivity index (χ2v) is 7.60. The van der Waals surface area contributed by atoms with Crippen LogP contribution in [0.5, 0.6) is 0 Å². The van der Waals surface area contributed by atoms with E-state index in [1.165, 1.54) is 0 Å². The summed E-state index contributed by atoms with van der Waals surface area (Å²) in [5, 5.41) is 10.9. The van der Waals surface area contributed by atoms with Crippen LogP contribution in [0, 0.1) is 11.6 Å². The summed E-state index contributed by atoms with van der Waals surface area (Å²) in [5.74, 6) is -1.41. The van der Waals surface area contributed by atoms with Crippen LogP contribution in [0.2, 0.25) is 0 Å². The second-order valence-electron chi connectivity index (χ2n) is 5.83. The molecule has 0 spiro atoms. The Hall–Kier alpha value is -2.37. The second kappa shape index (κ2) is 8.55. The number of morpholine rings is 1. The lowest BCUT2D eigenvalue weighted by molar-refractivity contribution is 0.122. The number of hydrogen-bond donors (Lipinski definition) is 2. The van der Waals surface area contributed by atoms with Crippen molar-refractivity contribution in [2.75, 3.05) is 49.6 Å². The normalized spacial score (nSPS) is 15.0. The lowest BCUT2D eigenvalue weighted by Crippen LogP contribution is -2.36. The van der Waals surface area contributed by atoms with E-state index in [1.54, 1.807) is 6.20 Å². The smallest absolute Gasteiger partial charge is 0.240 e. The first-order valence-electron chi connectivity index (χ1n) is 8.29. The molecule has 1 aliphatic heterocycles. The number of aromatic nitrogens is 2. The molecule has 0 atom stereocenters. The third kappa shape index (κ3) is 5.31. The average molecular weight is 399 g/mol. The Morgan fingerprint density at radius 3 is 2.48 bits per heavy atom. The number of hydrogen-bond acceptors (Lipinski definition) is 7. The Kier molecular flexibility index (Phi) is 6.14. The number of benzene rings is 1. The molecule has 8 nitrogen and oxygen atoms in total. The number of rotatable bonds is 7. The van der Waals surface area contributed by atoms with Gasteiger partial charge in [-0.05, 0) is 12.1 Å². The van der Waals surface area contributed by atoms with Crippen molar-refractivity contribution in [3.63, 3.8) is 0 Å². The van der Waals surface area contributed by atoms with Crippen LogP contribution in [-0.4, -0.2) is 58.0 Å². The molecule has 1 fully saturated rings. The van der Waals surface area contributed by atoms with Crippen molar-refractivity contribution >= 4 is 21.5 Å². The molecular weight excluding hydrogens is 380 g/mol. The standard InChI is InChI=1S/C16H19F2N5O3S/c17-12-7-13(18)9-15(8-12)27(24,25)21-2-1-19-16-10-14(11-20-22-16)23-3-5-26-6-4-23/h7-11,21H,1-6H2,(H,19,22). The predicted molar refractivity (Wildman–Crippen MR) is 95.1 cm³/mol. The fourth-order valence-corrected chi connectivity index (χ4v) is 3.65. The highest BCUT2D eigenvalue weighted by Gasteiger charge is 2.16. The van der Waals surface area contributed by atoms with Crippen molar-refractivity contribution in [2.24, 2.45) is 0 Å². The zero-order valence-corrected chi connectivity index (χ0v) is 15.2. The topological polar surface area (TPSA) is 96.5 Å². The predicted octanol–water partition coefficient (Wildman–Crippen LogP) is 0.982. The van der Waals surface area contributed by atoms with Gasteiger partial charge in [0, 0.05) is 38.3 Å². The van der Waals surface area contributed by atoms with Crippen LogP contribution in [0.25, 0.3) is 0 Å². The van der Waals surface area contributed by atoms with E-state index in [-0.39, 0.29) is 13.1 Å². The van der Waals surface area contributed by atoms with Gasteiger partial charge in [-0.15, -0.1) is 5.10 Å². The Morgan fingerprint density at radius 2 is 1.78 bits per heavy atom. The van der Waals surface area contributed by atoms with Crippen LogP contribution in [-0.2, 0) is 14.8 Å². The van der Waals surface area contributed by atoms with E-state index in [4.69, 9.17) is 4.74 Å². The van der Waals surface area contributed by atoms with Gasteiger partial charge >= 0.3 is 0 Å². The van der Waals surface area contributed by atoms with Gasteiger partial charge in [0.2, 0.25) is 10.0 Å². The lowest BCUT2D eigenvalue weighted by Gasteiger charge is -2.28. The Morgan fingerprint density at radius 1 is 1.07 bits per heavy atom. The highest BCUT2D eigenvalue weighted by molar-refractivity contribution is 7.89. The van der Waals surface area contributed by atoms with Gasteiger partial charge in [0.15, 0.2) is 5.82 Å². The molecule has 2 heterocycles. The van der Waals surface area contributed by atoms with Gasteiger partial charge in [-0.2, -0.15) is 5.10 Å². The minimum Gasteiger partial charge on any atom is -0.378 e. The SMILES string of the molecule is O=S(=O)(NCCNc1cc(N2CCOCC2)cnn1)c1cc(F)cc(F)c1. The molecule has 1 aromatic heterocycles. The zero-order chi connectivity index (χ0) is 19.3. The van der Waals surface area contributed by atoms with Gasteiger partial charge in [-0.3, -0.25) is 0 Å². The maximum atomic E-state index is 13.2. The molecule has 0 amide bonds. The highest BCUT2D eigenvalue weighted by Crippen LogP contribution is 2.17. The molecule has 0 unspecified atom stereocenters. The summed E-state index contributed by atoms with van der Waals surface area (Å²) in [4.78, 5) is 1.65. The largest absolute Gasteiger partial charge is 0.378 e. The average Bonchev–Trinajstić information content (AvgIpc) is 2.65. The van der Waals surface area contributed by atoms with E-state index in [0.717, 1.165) is 30.9 Å². The Labute approximate surface area is 155 Å². The zero-order valence-electron chi connectivity index (χ0n) is 14.4. The molecule has 27 heavy (non-hydrogen) atoms. The molecular formula is C16H19F2N5O3S. The van der Waals surface area contributed by atoms with Crippen LogP contribution in [0.15, 0.2) is 35.4 Å². The van der Waals surface area contributed by atoms with Crippen LogP contribution in [0.3, 0.4) is 0 Å². The summed E-state index contributed by atoms with van der Waals surface area (Å²) in [6, 6.07) is 3.95. The summed E-state index contributed by atoms with van der Waals surface area (Å²) in [6.07, 6.45) is 1.65. The molecule has 0 radical (unpaired) electrons. The molecule has 146 valence electrons. The van der Waals surface area contributed by atoms with E-state index in [0.29, 0.717) is 25.1 Å². The van der Waals surface area contributed by atoms with Crippen LogP contribution in [0.1, 0.15) is 0 Å². The van der Waals surface area contributed by atoms with Crippen molar-refractivity contribution in [2.45, 2.75) is 4.90 Å². The maximum Gasteiger partial charge on any atom is 0.240 e. The molecule has 0 saturated carbocycles. The van der Waals surface area contributed by atoms with Crippen LogP contribution in [0.4, 0.5) is 20.3 Å². The summed E-state index contributed by atoms with van der Waals surface area (Å²) < 4.78 is 58.1. The van der Waals surface area contributed by atoms with Crippen molar-refractivity contribution in [3.05, 3.63) is 42.1 Å². The summed E-state index contributed by atoms with van der Waals surface area (Å²) in [6.45, 7) is 3.04. The summed E-state index contributed by atoms with van der Waals surface area (Å²) in [5.41, 5.74) is 0.895. The Bertz CT molecular complexity index is 871. The van der Waals surface area contributed by atoms with E-state index in [2.05, 4.69) is 25.1 Å². The summed E-state index contributed by atoms with van der Waals surface area (Å²) >= 11 is 0. The van der Waals surface area contributed by atoms with Crippen molar-refractivity contribution in [3.8, 4) is 0 Å². The number of nitrogens with one attached hydrogen (secondary N) is 2. The van der Waals surface area contributed by atoms with Crippen LogP contribution >= 0.6 is 0 Å². The Balaban J connectivity index is 1.54. The molecule has 11 heteroatoms. The van der Waals surface area contributed by atoms with Gasteiger partial charge in [0.1, 0.15) is 11.6 Å². The van der Waals surface area contributed by atoms with Crippen molar-refractivity contribution in [1.82, 2.24) is 14.9 Å². The molecule has 2 aromatic rings. The molecule has 1 saturated heterocycles. The minimum atomic E-state index is -4.01.